The Kier molecular flexibility index (Phi) is 4.68. The van der Waals surface area contributed by atoms with Crippen molar-refractivity contribution in [2.75, 3.05) is 7.11 Å². The summed E-state index contributed by atoms with van der Waals surface area (Å²) in [4.78, 5) is 11.2. The molecule has 17 heavy (non-hydrogen) atoms. The van der Waals surface area contributed by atoms with E-state index in [4.69, 9.17) is 10.4 Å². The fourth-order valence-corrected chi connectivity index (χ4v) is 1.70. The van der Waals surface area contributed by atoms with Gasteiger partial charge in [-0.3, -0.25) is 4.79 Å². The molecule has 0 atom stereocenters. The molecule has 1 rings (SSSR count). The number of nitriles is 1. The smallest absolute Gasteiger partial charge is 0.309 e. The first-order chi connectivity index (χ1) is 8.15. The number of benzene rings is 1. The highest BCUT2D eigenvalue weighted by Crippen LogP contribution is 2.18. The molecule has 90 valence electrons. The van der Waals surface area contributed by atoms with E-state index in [0.717, 1.165) is 17.5 Å². The van der Waals surface area contributed by atoms with Crippen LogP contribution in [0.4, 0.5) is 0 Å². The van der Waals surface area contributed by atoms with Gasteiger partial charge < -0.3 is 9.84 Å². The van der Waals surface area contributed by atoms with Crippen LogP contribution in [-0.2, 0) is 29.0 Å². The summed E-state index contributed by atoms with van der Waals surface area (Å²) >= 11 is 0. The van der Waals surface area contributed by atoms with Crippen LogP contribution in [-0.4, -0.2) is 18.2 Å². The van der Waals surface area contributed by atoms with Crippen LogP contribution in [0.15, 0.2) is 12.1 Å². The number of aliphatic hydroxyl groups is 1. The zero-order chi connectivity index (χ0) is 12.8. The van der Waals surface area contributed by atoms with Gasteiger partial charge in [0, 0.05) is 0 Å². The topological polar surface area (TPSA) is 70.3 Å². The van der Waals surface area contributed by atoms with Gasteiger partial charge in [0.05, 0.1) is 31.8 Å². The molecule has 0 aliphatic heterocycles. The molecule has 1 aromatic rings. The molecule has 0 bridgehead atoms. The molecule has 4 heteroatoms. The predicted molar refractivity (Wildman–Crippen MR) is 62.2 cm³/mol. The number of nitrogens with zero attached hydrogens (tertiary/aromatic N) is 1. The standard InChI is InChI=1S/C13H15NO3/c1-3-9-4-12(8-15)11(7-14)5-10(9)6-13(16)17-2/h4-5,15H,3,6,8H2,1-2H3. The molecule has 0 saturated carbocycles. The van der Waals surface area contributed by atoms with Gasteiger partial charge in [-0.05, 0) is 29.2 Å². The summed E-state index contributed by atoms with van der Waals surface area (Å²) in [5.74, 6) is -0.333. The number of aryl methyl sites for hydroxylation is 1. The van der Waals surface area contributed by atoms with Crippen molar-refractivity contribution in [1.29, 1.82) is 5.26 Å². The highest BCUT2D eigenvalue weighted by atomic mass is 16.5. The average Bonchev–Trinajstić information content (AvgIpc) is 2.37. The van der Waals surface area contributed by atoms with Gasteiger partial charge in [0.25, 0.3) is 0 Å². The molecule has 4 nitrogen and oxygen atoms in total. The van der Waals surface area contributed by atoms with Crippen LogP contribution < -0.4 is 0 Å². The molecular formula is C13H15NO3. The third kappa shape index (κ3) is 3.05. The second-order valence-corrected chi connectivity index (χ2v) is 3.65. The molecule has 0 unspecified atom stereocenters. The van der Waals surface area contributed by atoms with Gasteiger partial charge in [-0.2, -0.15) is 5.26 Å². The first-order valence-electron chi connectivity index (χ1n) is 5.38. The Labute approximate surface area is 100 Å². The lowest BCUT2D eigenvalue weighted by atomic mass is 9.96. The maximum atomic E-state index is 11.2. The van der Waals surface area contributed by atoms with Crippen LogP contribution in [0.3, 0.4) is 0 Å². The van der Waals surface area contributed by atoms with Gasteiger partial charge in [0.2, 0.25) is 0 Å². The van der Waals surface area contributed by atoms with Crippen LogP contribution in [0.1, 0.15) is 29.2 Å². The van der Waals surface area contributed by atoms with Crippen LogP contribution >= 0.6 is 0 Å². The summed E-state index contributed by atoms with van der Waals surface area (Å²) in [6.07, 6.45) is 0.894. The first-order valence-corrected chi connectivity index (χ1v) is 5.38. The molecule has 0 heterocycles. The fourth-order valence-electron chi connectivity index (χ4n) is 1.70. The maximum Gasteiger partial charge on any atom is 0.309 e. The minimum Gasteiger partial charge on any atom is -0.469 e. The van der Waals surface area contributed by atoms with E-state index in [1.54, 1.807) is 12.1 Å². The lowest BCUT2D eigenvalue weighted by Crippen LogP contribution is -2.08. The monoisotopic (exact) mass is 233 g/mol. The van der Waals surface area contributed by atoms with E-state index in [1.807, 2.05) is 13.0 Å². The summed E-state index contributed by atoms with van der Waals surface area (Å²) in [5, 5.41) is 18.1. The molecule has 0 spiro atoms. The van der Waals surface area contributed by atoms with Gasteiger partial charge in [-0.25, -0.2) is 0 Å². The molecule has 1 aromatic carbocycles. The summed E-state index contributed by atoms with van der Waals surface area (Å²) in [6.45, 7) is 1.79. The zero-order valence-electron chi connectivity index (χ0n) is 9.99. The largest absolute Gasteiger partial charge is 0.469 e. The Balaban J connectivity index is 3.20. The van der Waals surface area contributed by atoms with E-state index in [1.165, 1.54) is 7.11 Å². The average molecular weight is 233 g/mol. The van der Waals surface area contributed by atoms with Crippen LogP contribution in [0.2, 0.25) is 0 Å². The van der Waals surface area contributed by atoms with Crippen molar-refractivity contribution in [3.63, 3.8) is 0 Å². The van der Waals surface area contributed by atoms with Gasteiger partial charge in [-0.1, -0.05) is 13.0 Å². The summed E-state index contributed by atoms with van der Waals surface area (Å²) in [5.41, 5.74) is 2.74. The number of carbonyl (C=O) groups excluding carboxylic acids is 1. The Morgan fingerprint density at radius 1 is 1.41 bits per heavy atom. The number of esters is 1. The molecule has 0 fully saturated rings. The number of carbonyl (C=O) groups is 1. The van der Waals surface area contributed by atoms with Gasteiger partial charge in [-0.15, -0.1) is 0 Å². The molecule has 0 aliphatic rings. The Morgan fingerprint density at radius 2 is 2.12 bits per heavy atom. The van der Waals surface area contributed by atoms with Crippen molar-refractivity contribution >= 4 is 5.97 Å². The summed E-state index contributed by atoms with van der Waals surface area (Å²) < 4.78 is 4.61. The third-order valence-corrected chi connectivity index (χ3v) is 2.66. The van der Waals surface area contributed by atoms with Gasteiger partial charge >= 0.3 is 5.97 Å². The van der Waals surface area contributed by atoms with Gasteiger partial charge in [0.1, 0.15) is 0 Å². The van der Waals surface area contributed by atoms with E-state index in [9.17, 15) is 4.79 Å². The zero-order valence-corrected chi connectivity index (χ0v) is 9.99. The number of ether oxygens (including phenoxy) is 1. The van der Waals surface area contributed by atoms with Crippen LogP contribution in [0.5, 0.6) is 0 Å². The lowest BCUT2D eigenvalue weighted by molar-refractivity contribution is -0.139. The first kappa shape index (κ1) is 13.2. The Morgan fingerprint density at radius 3 is 2.59 bits per heavy atom. The van der Waals surface area contributed by atoms with E-state index in [2.05, 4.69) is 4.74 Å². The summed E-state index contributed by atoms with van der Waals surface area (Å²) in [6, 6.07) is 5.45. The van der Waals surface area contributed by atoms with E-state index < -0.39 is 0 Å². The molecule has 0 aromatic heterocycles. The fraction of sp³-hybridized carbons (Fsp3) is 0.385. The van der Waals surface area contributed by atoms with Crippen molar-refractivity contribution < 1.29 is 14.6 Å². The highest BCUT2D eigenvalue weighted by molar-refractivity contribution is 5.73. The van der Waals surface area contributed by atoms with Crippen LogP contribution in [0, 0.1) is 11.3 Å². The van der Waals surface area contributed by atoms with E-state index in [0.29, 0.717) is 11.1 Å². The number of methoxy groups -OCH3 is 1. The highest BCUT2D eigenvalue weighted by Gasteiger charge is 2.11. The number of hydrogen-bond donors (Lipinski definition) is 1. The normalized spacial score (nSPS) is 9.76. The number of rotatable bonds is 4. The number of hydrogen-bond acceptors (Lipinski definition) is 4. The predicted octanol–water partition coefficient (Wildman–Crippen LogP) is 1.33. The van der Waals surface area contributed by atoms with Crippen molar-refractivity contribution in [1.82, 2.24) is 0 Å². The molecule has 0 radical (unpaired) electrons. The van der Waals surface area contributed by atoms with E-state index >= 15 is 0 Å². The van der Waals surface area contributed by atoms with Crippen molar-refractivity contribution in [2.45, 2.75) is 26.4 Å². The minimum atomic E-state index is -0.333. The second kappa shape index (κ2) is 6.02. The molecule has 0 aliphatic carbocycles. The van der Waals surface area contributed by atoms with E-state index in [-0.39, 0.29) is 19.0 Å². The van der Waals surface area contributed by atoms with Crippen molar-refractivity contribution in [3.8, 4) is 6.07 Å². The van der Waals surface area contributed by atoms with Crippen molar-refractivity contribution in [2.24, 2.45) is 0 Å². The Bertz CT molecular complexity index is 460. The van der Waals surface area contributed by atoms with Crippen molar-refractivity contribution in [3.05, 3.63) is 34.4 Å². The maximum absolute atomic E-state index is 11.2. The molecule has 0 saturated heterocycles. The quantitative estimate of drug-likeness (QED) is 0.796. The third-order valence-electron chi connectivity index (χ3n) is 2.66. The minimum absolute atomic E-state index is 0.153. The molecular weight excluding hydrogens is 218 g/mol. The molecule has 0 amide bonds. The summed E-state index contributed by atoms with van der Waals surface area (Å²) in [7, 11) is 1.33. The SMILES string of the molecule is CCc1cc(CO)c(C#N)cc1CC(=O)OC. The van der Waals surface area contributed by atoms with Crippen LogP contribution in [0.25, 0.3) is 0 Å². The van der Waals surface area contributed by atoms with Gasteiger partial charge in [0.15, 0.2) is 0 Å². The number of aliphatic hydroxyl groups excluding tert-OH is 1. The lowest BCUT2D eigenvalue weighted by Gasteiger charge is -2.10. The Hall–Kier alpha value is -1.86. The second-order valence-electron chi connectivity index (χ2n) is 3.65. The molecule has 1 N–H and O–H groups in total.